The van der Waals surface area contributed by atoms with E-state index in [0.29, 0.717) is 11.1 Å². The van der Waals surface area contributed by atoms with Crippen LogP contribution >= 0.6 is 0 Å². The van der Waals surface area contributed by atoms with Crippen molar-refractivity contribution in [2.45, 2.75) is 13.8 Å². The van der Waals surface area contributed by atoms with Crippen molar-refractivity contribution in [1.82, 2.24) is 0 Å². The van der Waals surface area contributed by atoms with Crippen molar-refractivity contribution in [2.75, 3.05) is 5.32 Å². The Hall–Kier alpha value is -3.08. The molecule has 5 nitrogen and oxygen atoms in total. The van der Waals surface area contributed by atoms with Crippen molar-refractivity contribution < 1.29 is 14.3 Å². The molecule has 1 aromatic heterocycles. The maximum absolute atomic E-state index is 12.4. The molecule has 1 heterocycles. The fraction of sp³-hybridized carbons (Fsp3) is 0.111. The first-order valence-corrected chi connectivity index (χ1v) is 7.15. The number of phenols is 1. The molecule has 3 rings (SSSR count). The predicted molar refractivity (Wildman–Crippen MR) is 87.6 cm³/mol. The maximum Gasteiger partial charge on any atom is 0.261 e. The Morgan fingerprint density at radius 1 is 1.13 bits per heavy atom. The van der Waals surface area contributed by atoms with Crippen molar-refractivity contribution in [3.63, 3.8) is 0 Å². The van der Waals surface area contributed by atoms with Crippen molar-refractivity contribution in [2.24, 2.45) is 0 Å². The van der Waals surface area contributed by atoms with Crippen LogP contribution in [0.15, 0.2) is 46.9 Å². The number of carbonyl (C=O) groups excluding carboxylic acids is 1. The topological polar surface area (TPSA) is 86.3 Å². The number of phenolic OH excluding ortho intramolecular Hbond substituents is 1. The monoisotopic (exact) mass is 308 g/mol. The molecule has 1 amide bonds. The summed E-state index contributed by atoms with van der Waals surface area (Å²) in [6.07, 6.45) is 0. The van der Waals surface area contributed by atoms with Crippen molar-refractivity contribution in [1.29, 1.82) is 5.41 Å². The summed E-state index contributed by atoms with van der Waals surface area (Å²) in [6, 6.07) is 12.0. The van der Waals surface area contributed by atoms with Gasteiger partial charge in [-0.05, 0) is 49.2 Å². The van der Waals surface area contributed by atoms with Crippen LogP contribution in [0, 0.1) is 19.3 Å². The largest absolute Gasteiger partial charge is 0.504 e. The van der Waals surface area contributed by atoms with Crippen LogP contribution in [0.1, 0.15) is 21.5 Å². The van der Waals surface area contributed by atoms with E-state index in [1.807, 2.05) is 32.0 Å². The normalized spacial score (nSPS) is 10.7. The average Bonchev–Trinajstić information content (AvgIpc) is 2.51. The Bertz CT molecular complexity index is 974. The van der Waals surface area contributed by atoms with Gasteiger partial charge in [-0.3, -0.25) is 10.2 Å². The lowest BCUT2D eigenvalue weighted by molar-refractivity contribution is 0.102. The van der Waals surface area contributed by atoms with E-state index in [-0.39, 0.29) is 22.5 Å². The maximum atomic E-state index is 12.4. The number of aromatic hydroxyl groups is 1. The van der Waals surface area contributed by atoms with Crippen LogP contribution in [0.25, 0.3) is 11.0 Å². The molecule has 3 aromatic rings. The van der Waals surface area contributed by atoms with Gasteiger partial charge in [0.25, 0.3) is 5.91 Å². The molecular weight excluding hydrogens is 292 g/mol. The average molecular weight is 308 g/mol. The lowest BCUT2D eigenvalue weighted by atomic mass is 10.1. The Kier molecular flexibility index (Phi) is 3.62. The fourth-order valence-corrected chi connectivity index (χ4v) is 2.33. The van der Waals surface area contributed by atoms with Gasteiger partial charge in [-0.1, -0.05) is 18.2 Å². The van der Waals surface area contributed by atoms with E-state index in [1.54, 1.807) is 12.1 Å². The van der Waals surface area contributed by atoms with Gasteiger partial charge in [-0.25, -0.2) is 0 Å². The molecular formula is C18H16N2O3. The number of aryl methyl sites for hydroxylation is 2. The smallest absolute Gasteiger partial charge is 0.261 e. The molecule has 116 valence electrons. The first-order chi connectivity index (χ1) is 11.0. The van der Waals surface area contributed by atoms with Crippen LogP contribution in [0.2, 0.25) is 0 Å². The molecule has 5 heteroatoms. The van der Waals surface area contributed by atoms with Gasteiger partial charge in [0.15, 0.2) is 11.3 Å². The number of amides is 1. The van der Waals surface area contributed by atoms with Crippen molar-refractivity contribution in [3.8, 4) is 5.75 Å². The quantitative estimate of drug-likeness (QED) is 0.677. The number of benzene rings is 2. The summed E-state index contributed by atoms with van der Waals surface area (Å²) in [4.78, 5) is 12.4. The number of rotatable bonds is 2. The number of hydrogen-bond acceptors (Lipinski definition) is 4. The highest BCUT2D eigenvalue weighted by atomic mass is 16.4. The lowest BCUT2D eigenvalue weighted by Crippen LogP contribution is -2.20. The predicted octanol–water partition coefficient (Wildman–Crippen LogP) is 3.49. The summed E-state index contributed by atoms with van der Waals surface area (Å²) in [6.45, 7) is 3.96. The molecule has 0 bridgehead atoms. The second kappa shape index (κ2) is 5.61. The minimum absolute atomic E-state index is 0.0582. The van der Waals surface area contributed by atoms with Gasteiger partial charge in [-0.15, -0.1) is 0 Å². The zero-order chi connectivity index (χ0) is 16.6. The molecule has 0 aliphatic carbocycles. The fourth-order valence-electron chi connectivity index (χ4n) is 2.33. The summed E-state index contributed by atoms with van der Waals surface area (Å²) in [5.41, 5.74) is 2.89. The highest BCUT2D eigenvalue weighted by Crippen LogP contribution is 2.23. The van der Waals surface area contributed by atoms with Gasteiger partial charge < -0.3 is 14.8 Å². The third-order valence-electron chi connectivity index (χ3n) is 3.78. The summed E-state index contributed by atoms with van der Waals surface area (Å²) in [5.74, 6) is -0.482. The molecule has 0 aliphatic heterocycles. The molecule has 2 aromatic carbocycles. The zero-order valence-electron chi connectivity index (χ0n) is 12.8. The van der Waals surface area contributed by atoms with E-state index >= 15 is 0 Å². The highest BCUT2D eigenvalue weighted by Gasteiger charge is 2.13. The van der Waals surface area contributed by atoms with Crippen molar-refractivity contribution in [3.05, 3.63) is 64.7 Å². The first-order valence-electron chi connectivity index (χ1n) is 7.15. The summed E-state index contributed by atoms with van der Waals surface area (Å²) in [5, 5.41) is 20.9. The van der Waals surface area contributed by atoms with Gasteiger partial charge in [0.1, 0.15) is 5.56 Å². The standard InChI is InChI=1S/C18H16N2O3/c1-10-6-7-13(8-11(10)2)20-18(22)14-9-12-4-3-5-15(21)16(12)23-17(14)19/h3-9,19,21H,1-2H3,(H,20,22). The van der Waals surface area contributed by atoms with E-state index in [0.717, 1.165) is 11.1 Å². The number of nitrogens with one attached hydrogen (secondary N) is 2. The van der Waals surface area contributed by atoms with Gasteiger partial charge in [0.05, 0.1) is 0 Å². The number of hydrogen-bond donors (Lipinski definition) is 3. The molecule has 0 aliphatic rings. The Labute approximate surface area is 132 Å². The Morgan fingerprint density at radius 3 is 2.65 bits per heavy atom. The van der Waals surface area contributed by atoms with Crippen molar-refractivity contribution >= 4 is 22.6 Å². The Morgan fingerprint density at radius 2 is 1.91 bits per heavy atom. The van der Waals surface area contributed by atoms with Gasteiger partial charge >= 0.3 is 0 Å². The Balaban J connectivity index is 1.99. The van der Waals surface area contributed by atoms with Gasteiger partial charge in [0.2, 0.25) is 5.55 Å². The molecule has 3 N–H and O–H groups in total. The van der Waals surface area contributed by atoms with Crippen LogP contribution < -0.4 is 10.9 Å². The third-order valence-corrected chi connectivity index (χ3v) is 3.78. The van der Waals surface area contributed by atoms with E-state index in [9.17, 15) is 9.90 Å². The lowest BCUT2D eigenvalue weighted by Gasteiger charge is -2.08. The molecule has 0 radical (unpaired) electrons. The van der Waals surface area contributed by atoms with Gasteiger partial charge in [-0.2, -0.15) is 0 Å². The zero-order valence-corrected chi connectivity index (χ0v) is 12.8. The molecule has 23 heavy (non-hydrogen) atoms. The van der Waals surface area contributed by atoms with E-state index in [1.165, 1.54) is 12.1 Å². The SMILES string of the molecule is Cc1ccc(NC(=O)c2cc3cccc(O)c3oc2=N)cc1C. The van der Waals surface area contributed by atoms with E-state index in [4.69, 9.17) is 9.83 Å². The second-order valence-corrected chi connectivity index (χ2v) is 5.44. The van der Waals surface area contributed by atoms with Gasteiger partial charge in [0, 0.05) is 11.1 Å². The number of para-hydroxylation sites is 1. The number of carbonyl (C=O) groups is 1. The first kappa shape index (κ1) is 14.8. The number of fused-ring (bicyclic) bond motifs is 1. The molecule has 0 spiro atoms. The summed E-state index contributed by atoms with van der Waals surface area (Å²) in [7, 11) is 0. The van der Waals surface area contributed by atoms with Crippen LogP contribution in [0.3, 0.4) is 0 Å². The van der Waals surface area contributed by atoms with Crippen LogP contribution in [0.4, 0.5) is 5.69 Å². The molecule has 0 fully saturated rings. The molecule has 0 unspecified atom stereocenters. The van der Waals surface area contributed by atoms with E-state index in [2.05, 4.69) is 5.32 Å². The van der Waals surface area contributed by atoms with Crippen LogP contribution in [-0.2, 0) is 0 Å². The number of anilines is 1. The van der Waals surface area contributed by atoms with Crippen LogP contribution in [-0.4, -0.2) is 11.0 Å². The summed E-state index contributed by atoms with van der Waals surface area (Å²) >= 11 is 0. The second-order valence-electron chi connectivity index (χ2n) is 5.44. The molecule has 0 saturated heterocycles. The minimum Gasteiger partial charge on any atom is -0.504 e. The molecule has 0 atom stereocenters. The third kappa shape index (κ3) is 2.81. The highest BCUT2D eigenvalue weighted by molar-refractivity contribution is 6.05. The summed E-state index contributed by atoms with van der Waals surface area (Å²) < 4.78 is 5.28. The van der Waals surface area contributed by atoms with Crippen LogP contribution in [0.5, 0.6) is 5.75 Å². The minimum atomic E-state index is -0.424. The van der Waals surface area contributed by atoms with E-state index < -0.39 is 5.91 Å². The molecule has 0 saturated carbocycles.